The minimum Gasteiger partial charge on any atom is -0.465 e. The molecule has 0 unspecified atom stereocenters. The molecule has 0 radical (unpaired) electrons. The molecule has 2 aromatic carbocycles. The molecule has 0 bridgehead atoms. The highest BCUT2D eigenvalue weighted by Crippen LogP contribution is 2.08. The van der Waals surface area contributed by atoms with Crippen LogP contribution in [0.5, 0.6) is 0 Å². The molecule has 0 atom stereocenters. The Morgan fingerprint density at radius 1 is 1.08 bits per heavy atom. The summed E-state index contributed by atoms with van der Waals surface area (Å²) in [6.45, 7) is 0.488. The average Bonchev–Trinajstić information content (AvgIpc) is 2.67. The third-order valence-electron chi connectivity index (χ3n) is 3.34. The summed E-state index contributed by atoms with van der Waals surface area (Å²) >= 11 is 0. The Labute approximate surface area is 147 Å². The molecule has 0 aromatic heterocycles. The standard InChI is InChI=1S/C10H11NO2.C9H11NO2/c1-11(2)10(13)9-6-4-3-5-8(9)7-12;1-12-9(11)8-4-2-7(6-10)3-5-8/h3-7H,1-2H3;2-5H,6,10H2,1H3. The molecule has 0 saturated heterocycles. The van der Waals surface area contributed by atoms with Gasteiger partial charge in [-0.1, -0.05) is 30.3 Å². The van der Waals surface area contributed by atoms with Gasteiger partial charge in [0, 0.05) is 26.2 Å². The van der Waals surface area contributed by atoms with Gasteiger partial charge in [0.05, 0.1) is 18.2 Å². The molecule has 2 rings (SSSR count). The number of nitrogens with zero attached hydrogens (tertiary/aromatic N) is 1. The molecule has 0 aliphatic heterocycles. The van der Waals surface area contributed by atoms with Crippen molar-refractivity contribution in [3.8, 4) is 0 Å². The third kappa shape index (κ3) is 5.86. The Bertz CT molecular complexity index is 724. The zero-order chi connectivity index (χ0) is 18.8. The van der Waals surface area contributed by atoms with Crippen LogP contribution in [0.2, 0.25) is 0 Å². The molecule has 1 amide bonds. The quantitative estimate of drug-likeness (QED) is 0.679. The number of hydrogen-bond acceptors (Lipinski definition) is 5. The van der Waals surface area contributed by atoms with Crippen LogP contribution in [0.3, 0.4) is 0 Å². The van der Waals surface area contributed by atoms with Crippen LogP contribution in [0, 0.1) is 0 Å². The van der Waals surface area contributed by atoms with Crippen molar-refractivity contribution in [2.24, 2.45) is 5.73 Å². The highest BCUT2D eigenvalue weighted by atomic mass is 16.5. The fourth-order valence-corrected chi connectivity index (χ4v) is 1.93. The summed E-state index contributed by atoms with van der Waals surface area (Å²) in [7, 11) is 4.67. The Morgan fingerprint density at radius 3 is 2.16 bits per heavy atom. The normalized spacial score (nSPS) is 9.44. The Morgan fingerprint density at radius 2 is 1.68 bits per heavy atom. The molecular weight excluding hydrogens is 320 g/mol. The second-order valence-electron chi connectivity index (χ2n) is 5.30. The Hall–Kier alpha value is -2.99. The van der Waals surface area contributed by atoms with Crippen molar-refractivity contribution < 1.29 is 19.1 Å². The van der Waals surface area contributed by atoms with E-state index in [2.05, 4.69) is 4.74 Å². The Balaban J connectivity index is 0.000000251. The number of carbonyl (C=O) groups excluding carboxylic acids is 3. The highest BCUT2D eigenvalue weighted by Gasteiger charge is 2.11. The van der Waals surface area contributed by atoms with Gasteiger partial charge in [0.1, 0.15) is 0 Å². The summed E-state index contributed by atoms with van der Waals surface area (Å²) in [6, 6.07) is 13.8. The number of amides is 1. The summed E-state index contributed by atoms with van der Waals surface area (Å²) in [4.78, 5) is 34.5. The average molecular weight is 342 g/mol. The van der Waals surface area contributed by atoms with Crippen molar-refractivity contribution in [2.45, 2.75) is 6.54 Å². The first-order valence-electron chi connectivity index (χ1n) is 7.57. The van der Waals surface area contributed by atoms with Gasteiger partial charge in [-0.25, -0.2) is 4.79 Å². The van der Waals surface area contributed by atoms with Crippen LogP contribution >= 0.6 is 0 Å². The maximum atomic E-state index is 11.5. The van der Waals surface area contributed by atoms with Crippen LogP contribution in [0.1, 0.15) is 36.6 Å². The molecule has 0 heterocycles. The summed E-state index contributed by atoms with van der Waals surface area (Å²) in [5.74, 6) is -0.471. The number of benzene rings is 2. The van der Waals surface area contributed by atoms with Gasteiger partial charge in [-0.15, -0.1) is 0 Å². The monoisotopic (exact) mass is 342 g/mol. The van der Waals surface area contributed by atoms with Crippen LogP contribution in [0.4, 0.5) is 0 Å². The lowest BCUT2D eigenvalue weighted by atomic mass is 10.1. The SMILES string of the molecule is CN(C)C(=O)c1ccccc1C=O.COC(=O)c1ccc(CN)cc1. The number of carbonyl (C=O) groups is 3. The second kappa shape index (κ2) is 10.00. The lowest BCUT2D eigenvalue weighted by Crippen LogP contribution is -2.22. The summed E-state index contributed by atoms with van der Waals surface area (Å²) in [5, 5.41) is 0. The number of nitrogens with two attached hydrogens (primary N) is 1. The molecule has 0 fully saturated rings. The first kappa shape index (κ1) is 20.1. The van der Waals surface area contributed by atoms with Crippen molar-refractivity contribution in [3.63, 3.8) is 0 Å². The fraction of sp³-hybridized carbons (Fsp3) is 0.211. The van der Waals surface area contributed by atoms with Gasteiger partial charge in [0.15, 0.2) is 6.29 Å². The zero-order valence-corrected chi connectivity index (χ0v) is 14.6. The minimum atomic E-state index is -0.321. The predicted octanol–water partition coefficient (Wildman–Crippen LogP) is 2.13. The van der Waals surface area contributed by atoms with E-state index in [0.717, 1.165) is 5.56 Å². The topological polar surface area (TPSA) is 89.7 Å². The Kier molecular flexibility index (Phi) is 8.02. The maximum absolute atomic E-state index is 11.5. The smallest absolute Gasteiger partial charge is 0.337 e. The van der Waals surface area contributed by atoms with Gasteiger partial charge in [-0.3, -0.25) is 9.59 Å². The van der Waals surface area contributed by atoms with Crippen molar-refractivity contribution in [2.75, 3.05) is 21.2 Å². The largest absolute Gasteiger partial charge is 0.465 e. The van der Waals surface area contributed by atoms with E-state index in [1.54, 1.807) is 50.5 Å². The number of methoxy groups -OCH3 is 1. The molecule has 25 heavy (non-hydrogen) atoms. The van der Waals surface area contributed by atoms with E-state index in [-0.39, 0.29) is 11.9 Å². The first-order valence-corrected chi connectivity index (χ1v) is 7.57. The van der Waals surface area contributed by atoms with Crippen molar-refractivity contribution >= 4 is 18.2 Å². The second-order valence-corrected chi connectivity index (χ2v) is 5.30. The van der Waals surface area contributed by atoms with Gasteiger partial charge in [-0.05, 0) is 23.8 Å². The van der Waals surface area contributed by atoms with Crippen LogP contribution in [0.25, 0.3) is 0 Å². The molecule has 6 nitrogen and oxygen atoms in total. The van der Waals surface area contributed by atoms with E-state index in [1.165, 1.54) is 12.0 Å². The molecule has 0 spiro atoms. The number of aldehydes is 1. The zero-order valence-electron chi connectivity index (χ0n) is 14.6. The van der Waals surface area contributed by atoms with Crippen LogP contribution in [-0.4, -0.2) is 44.3 Å². The molecule has 6 heteroatoms. The van der Waals surface area contributed by atoms with Crippen molar-refractivity contribution in [1.82, 2.24) is 4.90 Å². The molecule has 0 aliphatic carbocycles. The van der Waals surface area contributed by atoms with E-state index >= 15 is 0 Å². The molecule has 132 valence electrons. The lowest BCUT2D eigenvalue weighted by Gasteiger charge is -2.11. The highest BCUT2D eigenvalue weighted by molar-refractivity contribution is 6.01. The number of rotatable bonds is 4. The van der Waals surface area contributed by atoms with Gasteiger partial charge in [0.2, 0.25) is 0 Å². The molecule has 0 saturated carbocycles. The molecule has 0 aliphatic rings. The minimum absolute atomic E-state index is 0.150. The van der Waals surface area contributed by atoms with E-state index in [1.807, 2.05) is 12.1 Å². The third-order valence-corrected chi connectivity index (χ3v) is 3.34. The van der Waals surface area contributed by atoms with Gasteiger partial charge < -0.3 is 15.4 Å². The first-order chi connectivity index (χ1) is 11.9. The van der Waals surface area contributed by atoms with E-state index in [9.17, 15) is 14.4 Å². The maximum Gasteiger partial charge on any atom is 0.337 e. The van der Waals surface area contributed by atoms with Gasteiger partial charge in [0.25, 0.3) is 5.91 Å². The van der Waals surface area contributed by atoms with Crippen LogP contribution in [-0.2, 0) is 11.3 Å². The predicted molar refractivity (Wildman–Crippen MR) is 95.5 cm³/mol. The molecule has 2 aromatic rings. The van der Waals surface area contributed by atoms with E-state index in [0.29, 0.717) is 29.5 Å². The number of ether oxygens (including phenoxy) is 1. The number of hydrogen-bond donors (Lipinski definition) is 1. The summed E-state index contributed by atoms with van der Waals surface area (Å²) < 4.78 is 4.54. The van der Waals surface area contributed by atoms with E-state index in [4.69, 9.17) is 5.73 Å². The summed E-state index contributed by atoms with van der Waals surface area (Å²) in [6.07, 6.45) is 0.691. The molecule has 2 N–H and O–H groups in total. The number of esters is 1. The lowest BCUT2D eigenvalue weighted by molar-refractivity contribution is 0.0600. The summed E-state index contributed by atoms with van der Waals surface area (Å²) in [5.41, 5.74) is 7.82. The van der Waals surface area contributed by atoms with Crippen LogP contribution < -0.4 is 5.73 Å². The van der Waals surface area contributed by atoms with Crippen LogP contribution in [0.15, 0.2) is 48.5 Å². The van der Waals surface area contributed by atoms with E-state index < -0.39 is 0 Å². The van der Waals surface area contributed by atoms with Gasteiger partial charge in [-0.2, -0.15) is 0 Å². The van der Waals surface area contributed by atoms with Crippen molar-refractivity contribution in [3.05, 3.63) is 70.8 Å². The van der Waals surface area contributed by atoms with Gasteiger partial charge >= 0.3 is 5.97 Å². The molecular formula is C19H22N2O4. The van der Waals surface area contributed by atoms with Crippen molar-refractivity contribution in [1.29, 1.82) is 0 Å². The fourth-order valence-electron chi connectivity index (χ4n) is 1.93.